The van der Waals surface area contributed by atoms with Crippen molar-refractivity contribution >= 4 is 21.8 Å². The van der Waals surface area contributed by atoms with Crippen molar-refractivity contribution in [2.24, 2.45) is 0 Å². The topological polar surface area (TPSA) is 45.8 Å². The summed E-state index contributed by atoms with van der Waals surface area (Å²) in [5.74, 6) is -0.288. The summed E-state index contributed by atoms with van der Waals surface area (Å²) in [5.41, 5.74) is 1.87. The van der Waals surface area contributed by atoms with Crippen molar-refractivity contribution in [1.29, 1.82) is 0 Å². The van der Waals surface area contributed by atoms with E-state index in [0.29, 0.717) is 16.7 Å². The third-order valence-corrected chi connectivity index (χ3v) is 3.73. The van der Waals surface area contributed by atoms with Crippen LogP contribution in [-0.2, 0) is 0 Å². The molecule has 0 aliphatic carbocycles. The highest BCUT2D eigenvalue weighted by Crippen LogP contribution is 2.24. The van der Waals surface area contributed by atoms with Gasteiger partial charge in [-0.3, -0.25) is 4.79 Å². The van der Waals surface area contributed by atoms with Crippen molar-refractivity contribution in [3.05, 3.63) is 76.8 Å². The Bertz CT molecular complexity index is 1050. The molecule has 4 rings (SSSR count). The van der Waals surface area contributed by atoms with E-state index in [1.807, 2.05) is 30.3 Å². The lowest BCUT2D eigenvalue weighted by Crippen LogP contribution is -2.07. The van der Waals surface area contributed by atoms with E-state index in [4.69, 9.17) is 0 Å². The highest BCUT2D eigenvalue weighted by atomic mass is 19.1. The van der Waals surface area contributed by atoms with Gasteiger partial charge in [0.1, 0.15) is 11.5 Å². The van der Waals surface area contributed by atoms with Crippen LogP contribution < -0.4 is 5.56 Å². The standard InChI is InChI=1S/C18H11FN2O/c19-12-7-5-11(6-8-12)16-10-9-14-13-3-1-2-4-15(13)18(22)21-17(14)20-16/h1-10H,(H,20,21,22). The first-order valence-corrected chi connectivity index (χ1v) is 6.90. The first-order valence-electron chi connectivity index (χ1n) is 6.90. The number of nitrogens with zero attached hydrogens (tertiary/aromatic N) is 1. The highest BCUT2D eigenvalue weighted by Gasteiger charge is 2.07. The van der Waals surface area contributed by atoms with Crippen LogP contribution in [0.15, 0.2) is 65.5 Å². The molecule has 0 saturated carbocycles. The molecule has 0 amide bonds. The van der Waals surface area contributed by atoms with E-state index in [1.54, 1.807) is 18.2 Å². The van der Waals surface area contributed by atoms with E-state index < -0.39 is 0 Å². The first kappa shape index (κ1) is 12.7. The summed E-state index contributed by atoms with van der Waals surface area (Å²) in [5, 5.41) is 2.41. The number of halogens is 1. The summed E-state index contributed by atoms with van der Waals surface area (Å²) in [4.78, 5) is 19.5. The van der Waals surface area contributed by atoms with Gasteiger partial charge in [-0.05, 0) is 47.9 Å². The summed E-state index contributed by atoms with van der Waals surface area (Å²) >= 11 is 0. The third kappa shape index (κ3) is 1.97. The Balaban J connectivity index is 2.00. The lowest BCUT2D eigenvalue weighted by atomic mass is 10.1. The molecule has 0 aliphatic heterocycles. The lowest BCUT2D eigenvalue weighted by molar-refractivity contribution is 0.628. The van der Waals surface area contributed by atoms with E-state index in [1.165, 1.54) is 12.1 Å². The summed E-state index contributed by atoms with van der Waals surface area (Å²) in [6, 6.07) is 17.4. The second kappa shape index (κ2) is 4.77. The number of benzene rings is 2. The van der Waals surface area contributed by atoms with E-state index in [0.717, 1.165) is 16.3 Å². The molecule has 0 bridgehead atoms. The molecule has 3 nitrogen and oxygen atoms in total. The fourth-order valence-corrected chi connectivity index (χ4v) is 2.64. The average Bonchev–Trinajstić information content (AvgIpc) is 2.55. The molecule has 0 aliphatic rings. The Morgan fingerprint density at radius 2 is 1.55 bits per heavy atom. The van der Waals surface area contributed by atoms with Crippen LogP contribution in [-0.4, -0.2) is 9.97 Å². The molecule has 0 fully saturated rings. The number of aromatic amines is 1. The highest BCUT2D eigenvalue weighted by molar-refractivity contribution is 6.04. The van der Waals surface area contributed by atoms with Gasteiger partial charge >= 0.3 is 0 Å². The van der Waals surface area contributed by atoms with Crippen molar-refractivity contribution in [1.82, 2.24) is 9.97 Å². The number of pyridine rings is 2. The minimum atomic E-state index is -0.288. The zero-order chi connectivity index (χ0) is 15.1. The van der Waals surface area contributed by atoms with Crippen LogP contribution >= 0.6 is 0 Å². The van der Waals surface area contributed by atoms with Gasteiger partial charge in [-0.25, -0.2) is 9.37 Å². The second-order valence-electron chi connectivity index (χ2n) is 5.10. The van der Waals surface area contributed by atoms with Gasteiger partial charge in [-0.1, -0.05) is 18.2 Å². The maximum atomic E-state index is 13.0. The van der Waals surface area contributed by atoms with Crippen molar-refractivity contribution in [2.45, 2.75) is 0 Å². The number of aromatic nitrogens is 2. The van der Waals surface area contributed by atoms with Gasteiger partial charge in [-0.15, -0.1) is 0 Å². The van der Waals surface area contributed by atoms with E-state index in [9.17, 15) is 9.18 Å². The number of rotatable bonds is 1. The third-order valence-electron chi connectivity index (χ3n) is 3.73. The molecule has 4 heteroatoms. The Kier molecular flexibility index (Phi) is 2.76. The molecule has 2 heterocycles. The SMILES string of the molecule is O=c1[nH]c2nc(-c3ccc(F)cc3)ccc2c2ccccc12. The number of hydrogen-bond donors (Lipinski definition) is 1. The summed E-state index contributed by atoms with van der Waals surface area (Å²) < 4.78 is 13.0. The van der Waals surface area contributed by atoms with E-state index in [2.05, 4.69) is 9.97 Å². The minimum Gasteiger partial charge on any atom is -0.306 e. The smallest absolute Gasteiger partial charge is 0.257 e. The van der Waals surface area contributed by atoms with Crippen LogP contribution in [0, 0.1) is 5.82 Å². The molecule has 0 unspecified atom stereocenters. The first-order chi connectivity index (χ1) is 10.7. The second-order valence-corrected chi connectivity index (χ2v) is 5.10. The molecule has 4 aromatic rings. The fourth-order valence-electron chi connectivity index (χ4n) is 2.64. The Morgan fingerprint density at radius 3 is 2.32 bits per heavy atom. The molecule has 0 spiro atoms. The lowest BCUT2D eigenvalue weighted by Gasteiger charge is -2.06. The Labute approximate surface area is 125 Å². The van der Waals surface area contributed by atoms with Crippen LogP contribution in [0.5, 0.6) is 0 Å². The van der Waals surface area contributed by atoms with Crippen molar-refractivity contribution in [3.8, 4) is 11.3 Å². The Morgan fingerprint density at radius 1 is 0.818 bits per heavy atom. The van der Waals surface area contributed by atoms with Crippen molar-refractivity contribution in [2.75, 3.05) is 0 Å². The monoisotopic (exact) mass is 290 g/mol. The van der Waals surface area contributed by atoms with Crippen LogP contribution in [0.1, 0.15) is 0 Å². The van der Waals surface area contributed by atoms with E-state index >= 15 is 0 Å². The average molecular weight is 290 g/mol. The molecule has 0 radical (unpaired) electrons. The van der Waals surface area contributed by atoms with Gasteiger partial charge in [0, 0.05) is 16.3 Å². The maximum Gasteiger partial charge on any atom is 0.257 e. The molecule has 2 aromatic heterocycles. The maximum absolute atomic E-state index is 13.0. The number of H-pyrrole nitrogens is 1. The van der Waals surface area contributed by atoms with Gasteiger partial charge in [0.2, 0.25) is 0 Å². The molecule has 2 aromatic carbocycles. The number of nitrogens with one attached hydrogen (secondary N) is 1. The zero-order valence-corrected chi connectivity index (χ0v) is 11.5. The van der Waals surface area contributed by atoms with E-state index in [-0.39, 0.29) is 11.4 Å². The van der Waals surface area contributed by atoms with Gasteiger partial charge in [0.15, 0.2) is 0 Å². The summed E-state index contributed by atoms with van der Waals surface area (Å²) in [6.45, 7) is 0. The fraction of sp³-hybridized carbons (Fsp3) is 0. The van der Waals surface area contributed by atoms with Crippen molar-refractivity contribution < 1.29 is 4.39 Å². The Hall–Kier alpha value is -3.01. The van der Waals surface area contributed by atoms with Crippen LogP contribution in [0.2, 0.25) is 0 Å². The van der Waals surface area contributed by atoms with Gasteiger partial charge in [-0.2, -0.15) is 0 Å². The predicted octanol–water partition coefficient (Wildman–Crippen LogP) is 3.88. The molecule has 106 valence electrons. The molecular weight excluding hydrogens is 279 g/mol. The van der Waals surface area contributed by atoms with Crippen LogP contribution in [0.3, 0.4) is 0 Å². The predicted molar refractivity (Wildman–Crippen MR) is 85.3 cm³/mol. The normalized spacial score (nSPS) is 11.1. The summed E-state index contributed by atoms with van der Waals surface area (Å²) in [7, 11) is 0. The minimum absolute atomic E-state index is 0.160. The quantitative estimate of drug-likeness (QED) is 0.541. The number of hydrogen-bond acceptors (Lipinski definition) is 2. The molecule has 0 saturated heterocycles. The molecule has 22 heavy (non-hydrogen) atoms. The zero-order valence-electron chi connectivity index (χ0n) is 11.5. The summed E-state index contributed by atoms with van der Waals surface area (Å²) in [6.07, 6.45) is 0. The van der Waals surface area contributed by atoms with Gasteiger partial charge in [0.25, 0.3) is 5.56 Å². The molecule has 1 N–H and O–H groups in total. The molecule has 0 atom stereocenters. The van der Waals surface area contributed by atoms with Gasteiger partial charge in [0.05, 0.1) is 5.69 Å². The number of fused-ring (bicyclic) bond motifs is 3. The van der Waals surface area contributed by atoms with Crippen molar-refractivity contribution in [3.63, 3.8) is 0 Å². The van der Waals surface area contributed by atoms with Crippen LogP contribution in [0.4, 0.5) is 4.39 Å². The largest absolute Gasteiger partial charge is 0.306 e. The van der Waals surface area contributed by atoms with Gasteiger partial charge < -0.3 is 4.98 Å². The van der Waals surface area contributed by atoms with Crippen LogP contribution in [0.25, 0.3) is 33.1 Å². The molecular formula is C18H11FN2O.